The van der Waals surface area contributed by atoms with Crippen LogP contribution in [0.2, 0.25) is 0 Å². The monoisotopic (exact) mass is 214 g/mol. The molecule has 1 aromatic heterocycles. The van der Waals surface area contributed by atoms with Crippen molar-refractivity contribution in [1.29, 1.82) is 0 Å². The molecule has 0 amide bonds. The molecular formula is C9H5F3N2O. The molecule has 0 saturated carbocycles. The largest absolute Gasteiger partial charge is 0.381 e. The topological polar surface area (TPSA) is 52.0 Å². The Morgan fingerprint density at radius 2 is 1.67 bits per heavy atom. The van der Waals surface area contributed by atoms with Gasteiger partial charge in [-0.1, -0.05) is 5.16 Å². The van der Waals surface area contributed by atoms with E-state index in [1.165, 1.54) is 0 Å². The second kappa shape index (κ2) is 3.30. The van der Waals surface area contributed by atoms with E-state index in [1.807, 2.05) is 0 Å². The molecule has 6 heteroatoms. The van der Waals surface area contributed by atoms with E-state index in [-0.39, 0.29) is 11.6 Å². The molecule has 0 bridgehead atoms. The van der Waals surface area contributed by atoms with Crippen LogP contribution in [-0.4, -0.2) is 5.16 Å². The minimum atomic E-state index is -1.07. The molecule has 78 valence electrons. The summed E-state index contributed by atoms with van der Waals surface area (Å²) in [6.45, 7) is 0. The second-order valence-electron chi connectivity index (χ2n) is 2.86. The van der Waals surface area contributed by atoms with Gasteiger partial charge in [0.2, 0.25) is 0 Å². The molecule has 15 heavy (non-hydrogen) atoms. The lowest BCUT2D eigenvalue weighted by Gasteiger charge is -2.00. The molecule has 0 unspecified atom stereocenters. The van der Waals surface area contributed by atoms with Crippen LogP contribution in [0.15, 0.2) is 22.7 Å². The van der Waals surface area contributed by atoms with Crippen molar-refractivity contribution in [2.45, 2.75) is 0 Å². The number of nitrogen functional groups attached to an aromatic ring is 1. The molecule has 2 rings (SSSR count). The average molecular weight is 214 g/mol. The molecule has 0 radical (unpaired) electrons. The molecule has 3 nitrogen and oxygen atoms in total. The number of anilines is 1. The normalized spacial score (nSPS) is 10.6. The first kappa shape index (κ1) is 9.57. The average Bonchev–Trinajstić information content (AvgIpc) is 2.49. The van der Waals surface area contributed by atoms with Crippen LogP contribution in [0.3, 0.4) is 0 Å². The third kappa shape index (κ3) is 1.65. The lowest BCUT2D eigenvalue weighted by Crippen LogP contribution is -1.91. The van der Waals surface area contributed by atoms with Crippen molar-refractivity contribution in [1.82, 2.24) is 5.16 Å². The summed E-state index contributed by atoms with van der Waals surface area (Å²) in [6.07, 6.45) is 0. The lowest BCUT2D eigenvalue weighted by molar-refractivity contribution is 0.429. The predicted molar refractivity (Wildman–Crippen MR) is 46.2 cm³/mol. The van der Waals surface area contributed by atoms with Crippen molar-refractivity contribution in [3.05, 3.63) is 35.7 Å². The summed E-state index contributed by atoms with van der Waals surface area (Å²) in [7, 11) is 0. The van der Waals surface area contributed by atoms with Crippen molar-refractivity contribution < 1.29 is 17.7 Å². The van der Waals surface area contributed by atoms with E-state index in [4.69, 9.17) is 5.73 Å². The van der Waals surface area contributed by atoms with Crippen molar-refractivity contribution in [3.8, 4) is 11.3 Å². The fraction of sp³-hybridized carbons (Fsp3) is 0. The molecule has 0 atom stereocenters. The van der Waals surface area contributed by atoms with E-state index in [9.17, 15) is 13.2 Å². The van der Waals surface area contributed by atoms with Crippen molar-refractivity contribution in [2.75, 3.05) is 5.73 Å². The van der Waals surface area contributed by atoms with E-state index < -0.39 is 23.0 Å². The summed E-state index contributed by atoms with van der Waals surface area (Å²) in [5, 5.41) is 3.27. The summed E-state index contributed by atoms with van der Waals surface area (Å²) < 4.78 is 43.5. The van der Waals surface area contributed by atoms with Crippen LogP contribution in [0, 0.1) is 17.5 Å². The summed E-state index contributed by atoms with van der Waals surface area (Å²) >= 11 is 0. The van der Waals surface area contributed by atoms with Crippen molar-refractivity contribution >= 4 is 5.82 Å². The molecule has 1 aromatic carbocycles. The minimum absolute atomic E-state index is 0.00637. The molecule has 1 heterocycles. The second-order valence-corrected chi connectivity index (χ2v) is 2.86. The van der Waals surface area contributed by atoms with Gasteiger partial charge in [-0.25, -0.2) is 13.2 Å². The Morgan fingerprint density at radius 3 is 2.13 bits per heavy atom. The number of hydrogen-bond donors (Lipinski definition) is 1. The Bertz CT molecular complexity index is 487. The zero-order valence-corrected chi connectivity index (χ0v) is 7.30. The van der Waals surface area contributed by atoms with Gasteiger partial charge in [0.25, 0.3) is 0 Å². The molecule has 0 aliphatic rings. The van der Waals surface area contributed by atoms with Crippen LogP contribution < -0.4 is 5.73 Å². The maximum absolute atomic E-state index is 13.2. The van der Waals surface area contributed by atoms with Crippen LogP contribution in [-0.2, 0) is 0 Å². The van der Waals surface area contributed by atoms with Gasteiger partial charge in [0, 0.05) is 18.2 Å². The quantitative estimate of drug-likeness (QED) is 0.792. The molecular weight excluding hydrogens is 209 g/mol. The summed E-state index contributed by atoms with van der Waals surface area (Å²) in [4.78, 5) is 0. The van der Waals surface area contributed by atoms with Crippen molar-refractivity contribution in [3.63, 3.8) is 0 Å². The van der Waals surface area contributed by atoms with E-state index in [1.54, 1.807) is 0 Å². The van der Waals surface area contributed by atoms with Crippen LogP contribution in [0.25, 0.3) is 11.3 Å². The van der Waals surface area contributed by atoms with Gasteiger partial charge in [0.15, 0.2) is 11.6 Å². The van der Waals surface area contributed by atoms with Crippen LogP contribution >= 0.6 is 0 Å². The highest BCUT2D eigenvalue weighted by molar-refractivity contribution is 5.61. The fourth-order valence-corrected chi connectivity index (χ4v) is 1.18. The first-order valence-corrected chi connectivity index (χ1v) is 3.95. The maximum Gasteiger partial charge on any atom is 0.174 e. The van der Waals surface area contributed by atoms with Crippen molar-refractivity contribution in [2.24, 2.45) is 0 Å². The molecule has 0 aliphatic carbocycles. The van der Waals surface area contributed by atoms with E-state index in [0.717, 1.165) is 6.07 Å². The number of hydrogen-bond acceptors (Lipinski definition) is 3. The van der Waals surface area contributed by atoms with Gasteiger partial charge in [0.05, 0.1) is 5.56 Å². The number of benzene rings is 1. The molecule has 0 saturated heterocycles. The van der Waals surface area contributed by atoms with Gasteiger partial charge in [-0.2, -0.15) is 0 Å². The van der Waals surface area contributed by atoms with E-state index in [2.05, 4.69) is 9.68 Å². The lowest BCUT2D eigenvalue weighted by atomic mass is 10.1. The van der Waals surface area contributed by atoms with Gasteiger partial charge in [-0.3, -0.25) is 0 Å². The summed E-state index contributed by atoms with van der Waals surface area (Å²) in [5.74, 6) is -3.32. The zero-order valence-electron chi connectivity index (χ0n) is 7.30. The van der Waals surface area contributed by atoms with E-state index >= 15 is 0 Å². The van der Waals surface area contributed by atoms with E-state index in [0.29, 0.717) is 12.1 Å². The maximum atomic E-state index is 13.2. The smallest absolute Gasteiger partial charge is 0.174 e. The summed E-state index contributed by atoms with van der Waals surface area (Å²) in [6, 6.07) is 2.26. The number of nitrogens with two attached hydrogens (primary N) is 1. The highest BCUT2D eigenvalue weighted by atomic mass is 19.1. The van der Waals surface area contributed by atoms with Gasteiger partial charge < -0.3 is 10.3 Å². The number of rotatable bonds is 1. The van der Waals surface area contributed by atoms with Gasteiger partial charge in [-0.05, 0) is 0 Å². The van der Waals surface area contributed by atoms with Gasteiger partial charge in [-0.15, -0.1) is 0 Å². The minimum Gasteiger partial charge on any atom is -0.381 e. The molecule has 0 fully saturated rings. The van der Waals surface area contributed by atoms with Gasteiger partial charge in [0.1, 0.15) is 17.5 Å². The standard InChI is InChI=1S/C9H5F3N2O/c10-4-1-5(11)9(6(12)2-4)7-3-8(13)14-15-7/h1-3H,(H2,13,14). The third-order valence-corrected chi connectivity index (χ3v) is 1.78. The Kier molecular flexibility index (Phi) is 2.11. The first-order valence-electron chi connectivity index (χ1n) is 3.95. The third-order valence-electron chi connectivity index (χ3n) is 1.78. The van der Waals surface area contributed by atoms with Crippen LogP contribution in [0.1, 0.15) is 0 Å². The molecule has 2 N–H and O–H groups in total. The van der Waals surface area contributed by atoms with Crippen LogP contribution in [0.4, 0.5) is 19.0 Å². The fourth-order valence-electron chi connectivity index (χ4n) is 1.18. The Labute approximate surface area is 82.3 Å². The van der Waals surface area contributed by atoms with Gasteiger partial charge >= 0.3 is 0 Å². The number of nitrogens with zero attached hydrogens (tertiary/aromatic N) is 1. The highest BCUT2D eigenvalue weighted by Crippen LogP contribution is 2.27. The summed E-state index contributed by atoms with van der Waals surface area (Å²) in [5.41, 5.74) is 4.74. The zero-order chi connectivity index (χ0) is 11.0. The highest BCUT2D eigenvalue weighted by Gasteiger charge is 2.17. The Hall–Kier alpha value is -1.98. The molecule has 0 aliphatic heterocycles. The van der Waals surface area contributed by atoms with Crippen LogP contribution in [0.5, 0.6) is 0 Å². The number of aromatic nitrogens is 1. The first-order chi connectivity index (χ1) is 7.08. The molecule has 2 aromatic rings. The SMILES string of the molecule is Nc1cc(-c2c(F)cc(F)cc2F)on1. The Morgan fingerprint density at radius 1 is 1.07 bits per heavy atom. The molecule has 0 spiro atoms. The predicted octanol–water partition coefficient (Wildman–Crippen LogP) is 2.34. The Balaban J connectivity index is 2.62. The number of halogens is 3.